The molecule has 0 spiro atoms. The molecule has 15 heavy (non-hydrogen) atoms. The molecule has 1 amide bonds. The predicted octanol–water partition coefficient (Wildman–Crippen LogP) is 3.41. The fraction of sp³-hybridized carbons (Fsp3) is 0.545. The van der Waals surface area contributed by atoms with E-state index in [1.807, 2.05) is 4.90 Å². The fourth-order valence-electron chi connectivity index (χ4n) is 1.83. The van der Waals surface area contributed by atoms with Gasteiger partial charge in [0.25, 0.3) is 0 Å². The van der Waals surface area contributed by atoms with E-state index in [0.717, 1.165) is 36.8 Å². The maximum absolute atomic E-state index is 11.7. The molecule has 2 heterocycles. The zero-order valence-electron chi connectivity index (χ0n) is 8.54. The summed E-state index contributed by atoms with van der Waals surface area (Å²) in [6.07, 6.45) is 4.13. The lowest BCUT2D eigenvalue weighted by atomic mass is 10.2. The van der Waals surface area contributed by atoms with Crippen LogP contribution in [0.5, 0.6) is 0 Å². The van der Waals surface area contributed by atoms with Gasteiger partial charge < -0.3 is 4.90 Å². The summed E-state index contributed by atoms with van der Waals surface area (Å²) in [5.41, 5.74) is 0. The molecule has 0 unspecified atom stereocenters. The Hall–Kier alpha value is -0.350. The standard InChI is InChI=1S/C11H14BrNOS/c12-9-6-10(15-8-9)7-13-5-3-1-2-4-11(13)14/h6,8H,1-5,7H2. The van der Waals surface area contributed by atoms with Crippen LogP contribution in [0.25, 0.3) is 0 Å². The molecule has 1 aliphatic rings. The molecule has 0 bridgehead atoms. The Kier molecular flexibility index (Phi) is 3.81. The van der Waals surface area contributed by atoms with Crippen LogP contribution in [-0.2, 0) is 11.3 Å². The highest BCUT2D eigenvalue weighted by Gasteiger charge is 2.16. The van der Waals surface area contributed by atoms with E-state index in [0.29, 0.717) is 5.91 Å². The third kappa shape index (κ3) is 3.05. The second kappa shape index (κ2) is 5.12. The van der Waals surface area contributed by atoms with Crippen molar-refractivity contribution >= 4 is 33.2 Å². The molecule has 1 aromatic heterocycles. The molecule has 0 atom stereocenters. The molecule has 0 aliphatic carbocycles. The second-order valence-corrected chi connectivity index (χ2v) is 5.77. The normalized spacial score (nSPS) is 17.9. The number of halogens is 1. The molecule has 4 heteroatoms. The number of amides is 1. The summed E-state index contributed by atoms with van der Waals surface area (Å²) in [4.78, 5) is 15.0. The van der Waals surface area contributed by atoms with Gasteiger partial charge in [-0.25, -0.2) is 0 Å². The zero-order chi connectivity index (χ0) is 10.7. The van der Waals surface area contributed by atoms with Gasteiger partial charge in [0.15, 0.2) is 0 Å². The van der Waals surface area contributed by atoms with Gasteiger partial charge in [-0.05, 0) is 34.8 Å². The highest BCUT2D eigenvalue weighted by Crippen LogP contribution is 2.22. The number of hydrogen-bond acceptors (Lipinski definition) is 2. The van der Waals surface area contributed by atoms with Crippen molar-refractivity contribution in [2.45, 2.75) is 32.2 Å². The molecule has 2 nitrogen and oxygen atoms in total. The molecule has 0 saturated carbocycles. The van der Waals surface area contributed by atoms with Crippen molar-refractivity contribution in [3.8, 4) is 0 Å². The Labute approximate surface area is 102 Å². The van der Waals surface area contributed by atoms with Crippen molar-refractivity contribution in [3.05, 3.63) is 20.8 Å². The Morgan fingerprint density at radius 1 is 1.40 bits per heavy atom. The van der Waals surface area contributed by atoms with Gasteiger partial charge >= 0.3 is 0 Å². The molecule has 1 aromatic rings. The van der Waals surface area contributed by atoms with Crippen molar-refractivity contribution in [1.82, 2.24) is 4.90 Å². The molecule has 1 aliphatic heterocycles. The fourth-order valence-corrected chi connectivity index (χ4v) is 3.30. The lowest BCUT2D eigenvalue weighted by Crippen LogP contribution is -2.29. The van der Waals surface area contributed by atoms with Gasteiger partial charge in [0.1, 0.15) is 0 Å². The third-order valence-electron chi connectivity index (χ3n) is 2.64. The van der Waals surface area contributed by atoms with Crippen molar-refractivity contribution in [2.75, 3.05) is 6.54 Å². The minimum Gasteiger partial charge on any atom is -0.338 e. The monoisotopic (exact) mass is 287 g/mol. The number of likely N-dealkylation sites (tertiary alicyclic amines) is 1. The van der Waals surface area contributed by atoms with Crippen LogP contribution in [0.1, 0.15) is 30.6 Å². The average Bonchev–Trinajstić information content (AvgIpc) is 2.50. The first-order valence-electron chi connectivity index (χ1n) is 5.26. The average molecular weight is 288 g/mol. The maximum Gasteiger partial charge on any atom is 0.222 e. The molecular weight excluding hydrogens is 274 g/mol. The zero-order valence-corrected chi connectivity index (χ0v) is 10.9. The lowest BCUT2D eigenvalue weighted by Gasteiger charge is -2.19. The first kappa shape index (κ1) is 11.1. The summed E-state index contributed by atoms with van der Waals surface area (Å²) < 4.78 is 1.12. The van der Waals surface area contributed by atoms with Crippen LogP contribution in [-0.4, -0.2) is 17.4 Å². The van der Waals surface area contributed by atoms with Gasteiger partial charge in [-0.1, -0.05) is 6.42 Å². The molecule has 0 N–H and O–H groups in total. The van der Waals surface area contributed by atoms with E-state index < -0.39 is 0 Å². The molecule has 1 saturated heterocycles. The minimum absolute atomic E-state index is 0.317. The second-order valence-electron chi connectivity index (χ2n) is 3.86. The molecule has 1 fully saturated rings. The number of carbonyl (C=O) groups is 1. The van der Waals surface area contributed by atoms with Gasteiger partial charge in [0.05, 0.1) is 6.54 Å². The highest BCUT2D eigenvalue weighted by atomic mass is 79.9. The van der Waals surface area contributed by atoms with Crippen molar-refractivity contribution in [2.24, 2.45) is 0 Å². The first-order valence-corrected chi connectivity index (χ1v) is 6.93. The maximum atomic E-state index is 11.7. The smallest absolute Gasteiger partial charge is 0.222 e. The topological polar surface area (TPSA) is 20.3 Å². The van der Waals surface area contributed by atoms with Gasteiger partial charge in [-0.15, -0.1) is 11.3 Å². The van der Waals surface area contributed by atoms with Crippen LogP contribution in [0, 0.1) is 0 Å². The summed E-state index contributed by atoms with van der Waals surface area (Å²) in [7, 11) is 0. The van der Waals surface area contributed by atoms with Gasteiger partial charge in [0.2, 0.25) is 5.91 Å². The number of rotatable bonds is 2. The number of carbonyl (C=O) groups excluding carboxylic acids is 1. The summed E-state index contributed by atoms with van der Waals surface area (Å²) in [5, 5.41) is 2.07. The van der Waals surface area contributed by atoms with E-state index in [1.165, 1.54) is 11.3 Å². The van der Waals surface area contributed by atoms with E-state index in [-0.39, 0.29) is 0 Å². The predicted molar refractivity (Wildman–Crippen MR) is 65.9 cm³/mol. The molecule has 0 radical (unpaired) electrons. The summed E-state index contributed by atoms with van der Waals surface area (Å²) in [6, 6.07) is 2.10. The van der Waals surface area contributed by atoms with Crippen molar-refractivity contribution in [3.63, 3.8) is 0 Å². The van der Waals surface area contributed by atoms with Crippen molar-refractivity contribution in [1.29, 1.82) is 0 Å². The van der Waals surface area contributed by atoms with E-state index in [4.69, 9.17) is 0 Å². The van der Waals surface area contributed by atoms with Gasteiger partial charge in [-0.2, -0.15) is 0 Å². The first-order chi connectivity index (χ1) is 7.25. The third-order valence-corrected chi connectivity index (χ3v) is 4.32. The minimum atomic E-state index is 0.317. The van der Waals surface area contributed by atoms with Gasteiger partial charge in [0, 0.05) is 27.7 Å². The van der Waals surface area contributed by atoms with Crippen molar-refractivity contribution < 1.29 is 4.79 Å². The van der Waals surface area contributed by atoms with E-state index >= 15 is 0 Å². The van der Waals surface area contributed by atoms with Crippen LogP contribution >= 0.6 is 27.3 Å². The Bertz CT molecular complexity index is 350. The molecule has 0 aromatic carbocycles. The largest absolute Gasteiger partial charge is 0.338 e. The van der Waals surface area contributed by atoms with E-state index in [2.05, 4.69) is 27.4 Å². The SMILES string of the molecule is O=C1CCCCCN1Cc1cc(Br)cs1. The summed E-state index contributed by atoms with van der Waals surface area (Å²) >= 11 is 5.15. The quantitative estimate of drug-likeness (QED) is 0.816. The van der Waals surface area contributed by atoms with E-state index in [1.54, 1.807) is 11.3 Å². The number of hydrogen-bond donors (Lipinski definition) is 0. The Balaban J connectivity index is 2.00. The lowest BCUT2D eigenvalue weighted by molar-refractivity contribution is -0.131. The Morgan fingerprint density at radius 2 is 2.27 bits per heavy atom. The molecule has 82 valence electrons. The van der Waals surface area contributed by atoms with Crippen LogP contribution in [0.15, 0.2) is 15.9 Å². The summed E-state index contributed by atoms with van der Waals surface area (Å²) in [6.45, 7) is 1.71. The number of thiophene rings is 1. The molecular formula is C11H14BrNOS. The van der Waals surface area contributed by atoms with Crippen LogP contribution in [0.2, 0.25) is 0 Å². The summed E-state index contributed by atoms with van der Waals surface area (Å²) in [5.74, 6) is 0.317. The number of nitrogens with zero attached hydrogens (tertiary/aromatic N) is 1. The Morgan fingerprint density at radius 3 is 3.00 bits per heavy atom. The van der Waals surface area contributed by atoms with E-state index in [9.17, 15) is 4.79 Å². The van der Waals surface area contributed by atoms with Crippen LogP contribution in [0.4, 0.5) is 0 Å². The highest BCUT2D eigenvalue weighted by molar-refractivity contribution is 9.10. The van der Waals surface area contributed by atoms with Crippen LogP contribution in [0.3, 0.4) is 0 Å². The van der Waals surface area contributed by atoms with Gasteiger partial charge in [-0.3, -0.25) is 4.79 Å². The van der Waals surface area contributed by atoms with Crippen LogP contribution < -0.4 is 0 Å². The molecule has 2 rings (SSSR count).